The lowest BCUT2D eigenvalue weighted by Gasteiger charge is -2.12. The molecule has 4 rings (SSSR count). The Morgan fingerprint density at radius 2 is 1.91 bits per heavy atom. The Labute approximate surface area is 196 Å². The summed E-state index contributed by atoms with van der Waals surface area (Å²) < 4.78 is 11.2. The first-order valence-corrected chi connectivity index (χ1v) is 10.9. The van der Waals surface area contributed by atoms with Gasteiger partial charge in [0.1, 0.15) is 17.9 Å². The molecular weight excluding hydrogens is 432 g/mol. The van der Waals surface area contributed by atoms with E-state index >= 15 is 0 Å². The molecule has 0 aliphatic rings. The molecule has 0 fully saturated rings. The molecule has 1 atom stereocenters. The number of ether oxygens (including phenoxy) is 1. The summed E-state index contributed by atoms with van der Waals surface area (Å²) in [5.74, 6) is 0.329. The maximum Gasteiger partial charge on any atom is 0.320 e. The molecule has 0 saturated heterocycles. The van der Waals surface area contributed by atoms with Gasteiger partial charge in [0.15, 0.2) is 0 Å². The van der Waals surface area contributed by atoms with E-state index in [1.807, 2.05) is 50.2 Å². The van der Waals surface area contributed by atoms with Crippen LogP contribution in [-0.2, 0) is 11.3 Å². The molecule has 0 aliphatic carbocycles. The van der Waals surface area contributed by atoms with E-state index in [0.717, 1.165) is 21.9 Å². The second-order valence-electron chi connectivity index (χ2n) is 8.17. The van der Waals surface area contributed by atoms with Crippen molar-refractivity contribution in [1.82, 2.24) is 15.5 Å². The molecule has 0 saturated carbocycles. The van der Waals surface area contributed by atoms with Crippen molar-refractivity contribution in [2.75, 3.05) is 0 Å². The summed E-state index contributed by atoms with van der Waals surface area (Å²) in [5, 5.41) is 27.7. The van der Waals surface area contributed by atoms with Crippen LogP contribution in [-0.4, -0.2) is 33.4 Å². The van der Waals surface area contributed by atoms with Crippen molar-refractivity contribution >= 4 is 16.7 Å². The quantitative estimate of drug-likeness (QED) is 0.389. The number of carboxylic acid groups (broad SMARTS) is 1. The molecule has 0 unspecified atom stereocenters. The Balaban J connectivity index is 1.67. The Morgan fingerprint density at radius 1 is 1.15 bits per heavy atom. The second kappa shape index (κ2) is 9.73. The van der Waals surface area contributed by atoms with Crippen LogP contribution in [0.3, 0.4) is 0 Å². The van der Waals surface area contributed by atoms with Crippen LogP contribution in [0.2, 0.25) is 0 Å². The molecule has 34 heavy (non-hydrogen) atoms. The number of carbonyl (C=O) groups is 1. The fraction of sp³-hybridized carbons (Fsp3) is 0.231. The minimum absolute atomic E-state index is 0.0493. The first-order valence-electron chi connectivity index (χ1n) is 10.9. The van der Waals surface area contributed by atoms with E-state index in [2.05, 4.69) is 21.5 Å². The van der Waals surface area contributed by atoms with E-state index in [1.54, 1.807) is 25.1 Å². The van der Waals surface area contributed by atoms with E-state index in [0.29, 0.717) is 35.1 Å². The van der Waals surface area contributed by atoms with Crippen molar-refractivity contribution in [2.24, 2.45) is 0 Å². The largest absolute Gasteiger partial charge is 0.490 e. The zero-order valence-corrected chi connectivity index (χ0v) is 19.1. The van der Waals surface area contributed by atoms with Crippen molar-refractivity contribution in [3.05, 3.63) is 65.7 Å². The van der Waals surface area contributed by atoms with Gasteiger partial charge in [0.2, 0.25) is 5.82 Å². The lowest BCUT2D eigenvalue weighted by molar-refractivity contribution is -0.139. The van der Waals surface area contributed by atoms with E-state index in [1.165, 1.54) is 0 Å². The first-order chi connectivity index (χ1) is 16.4. The molecular formula is C26H24N4O4. The number of benzene rings is 3. The van der Waals surface area contributed by atoms with Gasteiger partial charge in [0.05, 0.1) is 11.7 Å². The Hall–Kier alpha value is -4.22. The molecule has 2 N–H and O–H groups in total. The number of fused-ring (bicyclic) bond motifs is 1. The molecule has 0 radical (unpaired) electrons. The molecule has 1 heterocycles. The summed E-state index contributed by atoms with van der Waals surface area (Å²) >= 11 is 0. The zero-order valence-electron chi connectivity index (χ0n) is 19.1. The molecule has 8 heteroatoms. The molecule has 3 aromatic carbocycles. The number of nitrogens with one attached hydrogen (secondary N) is 1. The third kappa shape index (κ3) is 4.75. The van der Waals surface area contributed by atoms with Crippen molar-refractivity contribution in [2.45, 2.75) is 39.5 Å². The fourth-order valence-corrected chi connectivity index (χ4v) is 3.62. The number of carboxylic acids is 1. The molecule has 0 spiro atoms. The summed E-state index contributed by atoms with van der Waals surface area (Å²) in [4.78, 5) is 15.7. The maximum atomic E-state index is 11.1. The number of aromatic nitrogens is 2. The molecule has 1 aromatic heterocycles. The molecule has 172 valence electrons. The van der Waals surface area contributed by atoms with Crippen molar-refractivity contribution in [1.29, 1.82) is 5.26 Å². The van der Waals surface area contributed by atoms with Crippen molar-refractivity contribution < 1.29 is 19.2 Å². The Bertz CT molecular complexity index is 1390. The monoisotopic (exact) mass is 456 g/mol. The van der Waals surface area contributed by atoms with Gasteiger partial charge in [0, 0.05) is 17.7 Å². The van der Waals surface area contributed by atoms with Gasteiger partial charge in [-0.25, -0.2) is 0 Å². The average molecular weight is 457 g/mol. The predicted octanol–water partition coefficient (Wildman–Crippen LogP) is 4.78. The van der Waals surface area contributed by atoms with Crippen molar-refractivity contribution in [3.8, 4) is 34.7 Å². The number of nitrogens with zero attached hydrogens (tertiary/aromatic N) is 3. The second-order valence-corrected chi connectivity index (χ2v) is 8.17. The van der Waals surface area contributed by atoms with Crippen LogP contribution >= 0.6 is 0 Å². The maximum absolute atomic E-state index is 11.1. The number of hydrogen-bond donors (Lipinski definition) is 2. The van der Waals surface area contributed by atoms with Gasteiger partial charge in [-0.15, -0.1) is 0 Å². The van der Waals surface area contributed by atoms with E-state index in [4.69, 9.17) is 14.4 Å². The predicted molar refractivity (Wildman–Crippen MR) is 127 cm³/mol. The normalized spacial score (nSPS) is 12.0. The minimum atomic E-state index is -0.899. The van der Waals surface area contributed by atoms with Crippen molar-refractivity contribution in [3.63, 3.8) is 0 Å². The van der Waals surface area contributed by atoms with Crippen LogP contribution in [0.1, 0.15) is 31.9 Å². The SMILES string of the molecule is CC(C)Oc1ccc(-c2nc(-c3ccc(CN[C@@H](C)C(=O)O)c4ccccc34)no2)cc1C#N. The highest BCUT2D eigenvalue weighted by molar-refractivity contribution is 5.97. The summed E-state index contributed by atoms with van der Waals surface area (Å²) in [7, 11) is 0. The van der Waals surface area contributed by atoms with Crippen LogP contribution in [0.5, 0.6) is 5.75 Å². The van der Waals surface area contributed by atoms with Gasteiger partial charge in [-0.2, -0.15) is 10.2 Å². The molecule has 0 bridgehead atoms. The van der Waals surface area contributed by atoms with Crippen LogP contribution in [0.4, 0.5) is 0 Å². The molecule has 4 aromatic rings. The topological polar surface area (TPSA) is 121 Å². The first kappa shape index (κ1) is 23.0. The highest BCUT2D eigenvalue weighted by Gasteiger charge is 2.17. The van der Waals surface area contributed by atoms with Crippen LogP contribution in [0, 0.1) is 11.3 Å². The summed E-state index contributed by atoms with van der Waals surface area (Å²) in [6, 6.07) is 18.3. The molecule has 8 nitrogen and oxygen atoms in total. The smallest absolute Gasteiger partial charge is 0.320 e. The highest BCUT2D eigenvalue weighted by Crippen LogP contribution is 2.32. The Kier molecular flexibility index (Phi) is 6.57. The minimum Gasteiger partial charge on any atom is -0.490 e. The lowest BCUT2D eigenvalue weighted by atomic mass is 9.99. The van der Waals surface area contributed by atoms with Gasteiger partial charge in [0.25, 0.3) is 5.89 Å². The van der Waals surface area contributed by atoms with Gasteiger partial charge in [-0.3, -0.25) is 4.79 Å². The standard InChI is InChI=1S/C26H24N4O4/c1-15(2)33-23-11-9-17(12-19(23)13-27)25-29-24(30-34-25)22-10-8-18(14-28-16(3)26(31)32)20-6-4-5-7-21(20)22/h4-12,15-16,28H,14H2,1-3H3,(H,31,32)/t16-/m0/s1. The van der Waals surface area contributed by atoms with Crippen LogP contribution < -0.4 is 10.1 Å². The van der Waals surface area contributed by atoms with E-state index in [-0.39, 0.29) is 6.10 Å². The Morgan fingerprint density at radius 3 is 2.62 bits per heavy atom. The third-order valence-corrected chi connectivity index (χ3v) is 5.36. The van der Waals surface area contributed by atoms with Gasteiger partial charge in [-0.05, 0) is 55.3 Å². The number of aliphatic carboxylic acids is 1. The summed E-state index contributed by atoms with van der Waals surface area (Å²) in [6.07, 6.45) is -0.0493. The third-order valence-electron chi connectivity index (χ3n) is 5.36. The van der Waals surface area contributed by atoms with Gasteiger partial charge in [-0.1, -0.05) is 41.6 Å². The van der Waals surface area contributed by atoms with E-state index < -0.39 is 12.0 Å². The highest BCUT2D eigenvalue weighted by atomic mass is 16.5. The summed E-state index contributed by atoms with van der Waals surface area (Å²) in [6.45, 7) is 5.82. The molecule has 0 amide bonds. The van der Waals surface area contributed by atoms with Crippen LogP contribution in [0.15, 0.2) is 59.1 Å². The van der Waals surface area contributed by atoms with E-state index in [9.17, 15) is 10.1 Å². The summed E-state index contributed by atoms with van der Waals surface area (Å²) in [5.41, 5.74) is 2.78. The molecule has 0 aliphatic heterocycles. The zero-order chi connectivity index (χ0) is 24.2. The fourth-order valence-electron chi connectivity index (χ4n) is 3.62. The lowest BCUT2D eigenvalue weighted by Crippen LogP contribution is -2.33. The van der Waals surface area contributed by atoms with Gasteiger partial charge >= 0.3 is 5.97 Å². The number of nitriles is 1. The average Bonchev–Trinajstić information content (AvgIpc) is 3.32. The van der Waals surface area contributed by atoms with Gasteiger partial charge < -0.3 is 19.7 Å². The van der Waals surface area contributed by atoms with Crippen LogP contribution in [0.25, 0.3) is 33.6 Å². The number of rotatable bonds is 8. The number of hydrogen-bond acceptors (Lipinski definition) is 7.